The number of hydrogen-bond acceptors (Lipinski definition) is 4. The molecule has 0 saturated heterocycles. The van der Waals surface area contributed by atoms with Crippen LogP contribution < -0.4 is 0 Å². The number of carbonyl (C=O) groups is 2. The van der Waals surface area contributed by atoms with Crippen molar-refractivity contribution in [3.63, 3.8) is 0 Å². The van der Waals surface area contributed by atoms with Crippen LogP contribution in [0.4, 0.5) is 5.69 Å². The first kappa shape index (κ1) is 18.6. The van der Waals surface area contributed by atoms with Crippen molar-refractivity contribution < 1.29 is 14.3 Å². The molecule has 0 spiro atoms. The molecule has 0 radical (unpaired) electrons. The van der Waals surface area contributed by atoms with Crippen LogP contribution in [-0.4, -0.2) is 24.6 Å². The molecule has 6 heteroatoms. The second-order valence-corrected chi connectivity index (χ2v) is 6.91. The maximum atomic E-state index is 12.0. The molecule has 0 N–H and O–H groups in total. The zero-order valence-corrected chi connectivity index (χ0v) is 15.7. The largest absolute Gasteiger partial charge is 0.465 e. The summed E-state index contributed by atoms with van der Waals surface area (Å²) in [5, 5.41) is 0.882. The highest BCUT2D eigenvalue weighted by atomic mass is 35.5. The number of carbonyl (C=O) groups excluding carboxylic acids is 2. The van der Waals surface area contributed by atoms with Crippen molar-refractivity contribution in [2.75, 3.05) is 7.11 Å². The molecule has 0 amide bonds. The number of halogens is 2. The summed E-state index contributed by atoms with van der Waals surface area (Å²) in [5.74, 6) is -0.358. The molecule has 2 aromatic carbocycles. The van der Waals surface area contributed by atoms with Gasteiger partial charge in [0, 0.05) is 29.5 Å². The summed E-state index contributed by atoms with van der Waals surface area (Å²) in [7, 11) is 1.30. The SMILES string of the molecule is COC(=O)c1cccc(N=C2CC(=O)CCC2c2ccc(Cl)cc2)c1Cl. The molecule has 3 rings (SSSR count). The van der Waals surface area contributed by atoms with Crippen molar-refractivity contribution in [2.45, 2.75) is 25.2 Å². The lowest BCUT2D eigenvalue weighted by Gasteiger charge is -2.24. The molecule has 134 valence electrons. The Morgan fingerprint density at radius 2 is 1.88 bits per heavy atom. The maximum Gasteiger partial charge on any atom is 0.339 e. The lowest BCUT2D eigenvalue weighted by Crippen LogP contribution is -2.23. The minimum Gasteiger partial charge on any atom is -0.465 e. The summed E-state index contributed by atoms with van der Waals surface area (Å²) in [6.07, 6.45) is 1.47. The average Bonchev–Trinajstić information content (AvgIpc) is 2.64. The lowest BCUT2D eigenvalue weighted by atomic mass is 9.81. The fraction of sp³-hybridized carbons (Fsp3) is 0.250. The van der Waals surface area contributed by atoms with Crippen LogP contribution in [0.25, 0.3) is 0 Å². The van der Waals surface area contributed by atoms with Gasteiger partial charge in [-0.05, 0) is 36.2 Å². The van der Waals surface area contributed by atoms with E-state index in [1.54, 1.807) is 18.2 Å². The van der Waals surface area contributed by atoms with Crippen LogP contribution in [0.5, 0.6) is 0 Å². The molecule has 1 fully saturated rings. The summed E-state index contributed by atoms with van der Waals surface area (Å²) < 4.78 is 4.74. The highest BCUT2D eigenvalue weighted by molar-refractivity contribution is 6.36. The van der Waals surface area contributed by atoms with Crippen LogP contribution in [0.2, 0.25) is 10.0 Å². The van der Waals surface area contributed by atoms with Crippen LogP contribution >= 0.6 is 23.2 Å². The molecule has 0 bridgehead atoms. The van der Waals surface area contributed by atoms with Gasteiger partial charge >= 0.3 is 5.97 Å². The van der Waals surface area contributed by atoms with Crippen molar-refractivity contribution in [3.8, 4) is 0 Å². The van der Waals surface area contributed by atoms with E-state index in [2.05, 4.69) is 4.99 Å². The molecule has 26 heavy (non-hydrogen) atoms. The quantitative estimate of drug-likeness (QED) is 0.661. The molecular weight excluding hydrogens is 373 g/mol. The van der Waals surface area contributed by atoms with Crippen molar-refractivity contribution in [3.05, 3.63) is 63.6 Å². The molecule has 1 saturated carbocycles. The Morgan fingerprint density at radius 3 is 2.58 bits per heavy atom. The maximum absolute atomic E-state index is 12.0. The van der Waals surface area contributed by atoms with Gasteiger partial charge in [-0.25, -0.2) is 4.79 Å². The standard InChI is InChI=1S/C20H17Cl2NO3/c1-26-20(25)16-3-2-4-17(19(16)22)23-18-11-14(24)9-10-15(18)12-5-7-13(21)8-6-12/h2-8,15H,9-11H2,1H3. The molecule has 4 nitrogen and oxygen atoms in total. The van der Waals surface area contributed by atoms with Gasteiger partial charge in [-0.1, -0.05) is 41.4 Å². The number of ketones is 1. The monoisotopic (exact) mass is 389 g/mol. The normalized spacial score (nSPS) is 18.8. The molecule has 1 atom stereocenters. The van der Waals surface area contributed by atoms with E-state index in [0.29, 0.717) is 23.6 Å². The van der Waals surface area contributed by atoms with Crippen molar-refractivity contribution in [1.29, 1.82) is 0 Å². The van der Waals surface area contributed by atoms with Gasteiger partial charge in [0.05, 0.1) is 23.4 Å². The first-order valence-corrected chi connectivity index (χ1v) is 8.96. The van der Waals surface area contributed by atoms with Crippen molar-refractivity contribution in [2.24, 2.45) is 4.99 Å². The number of aliphatic imine (C=N–C) groups is 1. The van der Waals surface area contributed by atoms with Crippen LogP contribution in [0.3, 0.4) is 0 Å². The van der Waals surface area contributed by atoms with Crippen molar-refractivity contribution in [1.82, 2.24) is 0 Å². The zero-order valence-electron chi connectivity index (χ0n) is 14.2. The molecule has 1 aliphatic rings. The Labute approximate surface area is 161 Å². The number of methoxy groups -OCH3 is 1. The van der Waals surface area contributed by atoms with E-state index >= 15 is 0 Å². The van der Waals surface area contributed by atoms with Crippen LogP contribution in [0.1, 0.15) is 41.1 Å². The Kier molecular flexibility index (Phi) is 5.74. The van der Waals surface area contributed by atoms with E-state index in [0.717, 1.165) is 11.3 Å². The third kappa shape index (κ3) is 3.97. The van der Waals surface area contributed by atoms with Gasteiger partial charge in [-0.15, -0.1) is 0 Å². The van der Waals surface area contributed by atoms with Gasteiger partial charge in [-0.3, -0.25) is 9.79 Å². The Hall–Kier alpha value is -2.17. The fourth-order valence-corrected chi connectivity index (χ4v) is 3.46. The van der Waals surface area contributed by atoms with Crippen LogP contribution in [-0.2, 0) is 9.53 Å². The van der Waals surface area contributed by atoms with Crippen molar-refractivity contribution >= 4 is 46.4 Å². The highest BCUT2D eigenvalue weighted by Crippen LogP contribution is 2.35. The van der Waals surface area contributed by atoms with Crippen LogP contribution in [0, 0.1) is 0 Å². The van der Waals surface area contributed by atoms with E-state index in [9.17, 15) is 9.59 Å². The molecule has 1 aliphatic carbocycles. The summed E-state index contributed by atoms with van der Waals surface area (Å²) in [6.45, 7) is 0. The van der Waals surface area contributed by atoms with E-state index in [-0.39, 0.29) is 28.7 Å². The Balaban J connectivity index is 2.02. The summed E-state index contributed by atoms with van der Waals surface area (Å²) in [4.78, 5) is 28.5. The van der Waals surface area contributed by atoms with Gasteiger partial charge in [0.2, 0.25) is 0 Å². The third-order valence-corrected chi connectivity index (χ3v) is 5.06. The number of esters is 1. The number of ether oxygens (including phenoxy) is 1. The Morgan fingerprint density at radius 1 is 1.15 bits per heavy atom. The summed E-state index contributed by atoms with van der Waals surface area (Å²) in [6, 6.07) is 12.6. The minimum atomic E-state index is -0.522. The van der Waals surface area contributed by atoms with E-state index in [1.807, 2.05) is 24.3 Å². The number of hydrogen-bond donors (Lipinski definition) is 0. The van der Waals surface area contributed by atoms with Gasteiger partial charge in [0.1, 0.15) is 5.78 Å². The number of Topliss-reactive ketones (excluding diaryl/α,β-unsaturated/α-hetero) is 1. The second kappa shape index (κ2) is 8.02. The van der Waals surface area contributed by atoms with E-state index < -0.39 is 5.97 Å². The molecule has 0 heterocycles. The smallest absolute Gasteiger partial charge is 0.339 e. The minimum absolute atomic E-state index is 0.0165. The van der Waals surface area contributed by atoms with E-state index in [1.165, 1.54) is 7.11 Å². The molecular formula is C20H17Cl2NO3. The van der Waals surface area contributed by atoms with Gasteiger partial charge in [-0.2, -0.15) is 0 Å². The average molecular weight is 390 g/mol. The topological polar surface area (TPSA) is 55.7 Å². The highest BCUT2D eigenvalue weighted by Gasteiger charge is 2.27. The predicted molar refractivity (Wildman–Crippen MR) is 103 cm³/mol. The third-order valence-electron chi connectivity index (χ3n) is 4.41. The number of rotatable bonds is 3. The first-order valence-electron chi connectivity index (χ1n) is 8.21. The number of nitrogens with zero attached hydrogens (tertiary/aromatic N) is 1. The summed E-state index contributed by atoms with van der Waals surface area (Å²) >= 11 is 12.3. The first-order chi connectivity index (χ1) is 12.5. The van der Waals surface area contributed by atoms with Crippen LogP contribution in [0.15, 0.2) is 47.5 Å². The zero-order chi connectivity index (χ0) is 18.7. The van der Waals surface area contributed by atoms with Gasteiger partial charge in [0.15, 0.2) is 0 Å². The second-order valence-electron chi connectivity index (χ2n) is 6.09. The Bertz CT molecular complexity index is 875. The molecule has 1 unspecified atom stereocenters. The molecule has 0 aromatic heterocycles. The summed E-state index contributed by atoms with van der Waals surface area (Å²) in [5.41, 5.74) is 2.51. The van der Waals surface area contributed by atoms with Gasteiger partial charge in [0.25, 0.3) is 0 Å². The predicted octanol–water partition coefficient (Wildman–Crippen LogP) is 5.39. The fourth-order valence-electron chi connectivity index (χ4n) is 3.09. The van der Waals surface area contributed by atoms with E-state index in [4.69, 9.17) is 27.9 Å². The van der Waals surface area contributed by atoms with Gasteiger partial charge < -0.3 is 4.74 Å². The number of benzene rings is 2. The molecule has 0 aliphatic heterocycles. The molecule has 2 aromatic rings. The lowest BCUT2D eigenvalue weighted by molar-refractivity contribution is -0.118.